The average Bonchev–Trinajstić information content (AvgIpc) is 2.43. The molecular weight excluding hydrogens is 265 g/mol. The number of hydrogen-bond donors (Lipinski definition) is 2. The van der Waals surface area contributed by atoms with Gasteiger partial charge < -0.3 is 10.4 Å². The fraction of sp³-hybridized carbons (Fsp3) is 0.667. The van der Waals surface area contributed by atoms with Crippen LogP contribution in [0, 0.1) is 23.6 Å². The molecule has 4 aliphatic rings. The molecule has 4 bridgehead atoms. The second kappa shape index (κ2) is 5.06. The first kappa shape index (κ1) is 13.7. The molecule has 0 aromatic heterocycles. The fourth-order valence-electron chi connectivity index (χ4n) is 5.47. The number of hydrogen-bond acceptors (Lipinski definition) is 2. The quantitative estimate of drug-likeness (QED) is 0.890. The lowest BCUT2D eigenvalue weighted by Crippen LogP contribution is -2.59. The maximum absolute atomic E-state index is 13.2. The molecular formula is C18H24FNO. The topological polar surface area (TPSA) is 32.3 Å². The summed E-state index contributed by atoms with van der Waals surface area (Å²) in [7, 11) is 0. The average molecular weight is 289 g/mol. The Morgan fingerprint density at radius 2 is 1.76 bits per heavy atom. The predicted molar refractivity (Wildman–Crippen MR) is 80.3 cm³/mol. The Kier molecular flexibility index (Phi) is 3.31. The zero-order valence-electron chi connectivity index (χ0n) is 12.4. The molecule has 0 amide bonds. The van der Waals surface area contributed by atoms with Crippen molar-refractivity contribution in [1.82, 2.24) is 5.32 Å². The van der Waals surface area contributed by atoms with Crippen molar-refractivity contribution >= 4 is 0 Å². The Bertz CT molecular complexity index is 494. The van der Waals surface area contributed by atoms with Gasteiger partial charge in [0, 0.05) is 12.1 Å². The van der Waals surface area contributed by atoms with E-state index in [1.54, 1.807) is 12.1 Å². The van der Waals surface area contributed by atoms with Crippen molar-refractivity contribution in [2.24, 2.45) is 17.8 Å². The van der Waals surface area contributed by atoms with Crippen molar-refractivity contribution in [2.75, 3.05) is 6.54 Å². The molecule has 4 saturated carbocycles. The first-order valence-corrected chi connectivity index (χ1v) is 8.30. The highest BCUT2D eigenvalue weighted by atomic mass is 19.1. The van der Waals surface area contributed by atoms with Crippen LogP contribution in [0.15, 0.2) is 24.3 Å². The lowest BCUT2D eigenvalue weighted by atomic mass is 9.53. The molecule has 21 heavy (non-hydrogen) atoms. The molecule has 0 radical (unpaired) electrons. The van der Waals surface area contributed by atoms with E-state index < -0.39 is 6.10 Å². The van der Waals surface area contributed by atoms with Gasteiger partial charge in [-0.3, -0.25) is 0 Å². The lowest BCUT2D eigenvalue weighted by molar-refractivity contribution is -0.0248. The molecule has 4 fully saturated rings. The molecule has 1 atom stereocenters. The Morgan fingerprint density at radius 1 is 1.14 bits per heavy atom. The first-order chi connectivity index (χ1) is 10.1. The van der Waals surface area contributed by atoms with Gasteiger partial charge in [-0.15, -0.1) is 0 Å². The summed E-state index contributed by atoms with van der Waals surface area (Å²) in [6.07, 6.45) is 7.47. The zero-order valence-corrected chi connectivity index (χ0v) is 12.4. The van der Waals surface area contributed by atoms with Gasteiger partial charge in [0.2, 0.25) is 0 Å². The SMILES string of the molecule is OC(CNC12CC3CC(CC(C3)C1)C2)c1cccc(F)c1. The van der Waals surface area contributed by atoms with Crippen molar-refractivity contribution in [3.8, 4) is 0 Å². The van der Waals surface area contributed by atoms with Gasteiger partial charge in [-0.05, 0) is 74.0 Å². The van der Waals surface area contributed by atoms with Gasteiger partial charge in [0.1, 0.15) is 5.82 Å². The molecule has 1 aromatic carbocycles. The van der Waals surface area contributed by atoms with E-state index in [1.807, 2.05) is 0 Å². The highest BCUT2D eigenvalue weighted by Crippen LogP contribution is 2.55. The minimum absolute atomic E-state index is 0.253. The fourth-order valence-corrected chi connectivity index (χ4v) is 5.47. The Hall–Kier alpha value is -0.930. The number of rotatable bonds is 4. The number of benzene rings is 1. The van der Waals surface area contributed by atoms with Crippen LogP contribution in [-0.4, -0.2) is 17.2 Å². The van der Waals surface area contributed by atoms with Gasteiger partial charge in [-0.2, -0.15) is 0 Å². The van der Waals surface area contributed by atoms with E-state index in [0.29, 0.717) is 12.1 Å². The van der Waals surface area contributed by atoms with Gasteiger partial charge in [0.15, 0.2) is 0 Å². The molecule has 1 aromatic rings. The highest BCUT2D eigenvalue weighted by Gasteiger charge is 2.50. The minimum Gasteiger partial charge on any atom is -0.387 e. The Balaban J connectivity index is 1.42. The van der Waals surface area contributed by atoms with E-state index in [0.717, 1.165) is 17.8 Å². The van der Waals surface area contributed by atoms with Crippen molar-refractivity contribution in [3.63, 3.8) is 0 Å². The largest absolute Gasteiger partial charge is 0.387 e. The molecule has 2 nitrogen and oxygen atoms in total. The third kappa shape index (κ3) is 2.62. The summed E-state index contributed by atoms with van der Waals surface area (Å²) in [5.74, 6) is 2.42. The standard InChI is InChI=1S/C18H24FNO/c19-16-3-1-2-15(7-16)17(21)11-20-18-8-12-4-13(9-18)6-14(5-12)10-18/h1-3,7,12-14,17,20-21H,4-6,8-11H2. The highest BCUT2D eigenvalue weighted by molar-refractivity contribution is 5.19. The van der Waals surface area contributed by atoms with Gasteiger partial charge >= 0.3 is 0 Å². The van der Waals surface area contributed by atoms with E-state index in [4.69, 9.17) is 0 Å². The van der Waals surface area contributed by atoms with Crippen LogP contribution in [-0.2, 0) is 0 Å². The molecule has 0 saturated heterocycles. The van der Waals surface area contributed by atoms with Crippen LogP contribution in [0.3, 0.4) is 0 Å². The number of β-amino-alcohol motifs (C(OH)–C–C–N with tert-alkyl or cyclic N) is 1. The summed E-state index contributed by atoms with van der Waals surface area (Å²) in [6.45, 7) is 0.537. The maximum atomic E-state index is 13.2. The molecule has 114 valence electrons. The van der Waals surface area contributed by atoms with E-state index in [-0.39, 0.29) is 11.4 Å². The van der Waals surface area contributed by atoms with Crippen LogP contribution in [0.5, 0.6) is 0 Å². The smallest absolute Gasteiger partial charge is 0.123 e. The normalized spacial score (nSPS) is 38.7. The summed E-state index contributed by atoms with van der Waals surface area (Å²) in [6, 6.07) is 6.32. The molecule has 1 unspecified atom stereocenters. The van der Waals surface area contributed by atoms with Crippen molar-refractivity contribution in [1.29, 1.82) is 0 Å². The van der Waals surface area contributed by atoms with E-state index in [9.17, 15) is 9.50 Å². The first-order valence-electron chi connectivity index (χ1n) is 8.30. The van der Waals surface area contributed by atoms with E-state index in [1.165, 1.54) is 50.7 Å². The monoisotopic (exact) mass is 289 g/mol. The van der Waals surface area contributed by atoms with Crippen molar-refractivity contribution in [3.05, 3.63) is 35.6 Å². The summed E-state index contributed by atoms with van der Waals surface area (Å²) < 4.78 is 13.2. The third-order valence-electron chi connectivity index (χ3n) is 5.94. The molecule has 0 spiro atoms. The second-order valence-corrected chi connectivity index (χ2v) is 7.65. The van der Waals surface area contributed by atoms with Crippen LogP contribution in [0.1, 0.15) is 50.2 Å². The molecule has 0 aliphatic heterocycles. The Morgan fingerprint density at radius 3 is 2.33 bits per heavy atom. The molecule has 4 aliphatic carbocycles. The molecule has 3 heteroatoms. The summed E-state index contributed by atoms with van der Waals surface area (Å²) in [4.78, 5) is 0. The van der Waals surface area contributed by atoms with Crippen molar-refractivity contribution in [2.45, 2.75) is 50.2 Å². The van der Waals surface area contributed by atoms with Crippen molar-refractivity contribution < 1.29 is 9.50 Å². The number of halogens is 1. The molecule has 2 N–H and O–H groups in total. The third-order valence-corrected chi connectivity index (χ3v) is 5.94. The van der Waals surface area contributed by atoms with Crippen LogP contribution >= 0.6 is 0 Å². The van der Waals surface area contributed by atoms with Crippen LogP contribution in [0.2, 0.25) is 0 Å². The van der Waals surface area contributed by atoms with Crippen LogP contribution in [0.25, 0.3) is 0 Å². The van der Waals surface area contributed by atoms with Gasteiger partial charge in [-0.1, -0.05) is 12.1 Å². The van der Waals surface area contributed by atoms with Gasteiger partial charge in [0.05, 0.1) is 6.10 Å². The molecule has 5 rings (SSSR count). The van der Waals surface area contributed by atoms with Crippen LogP contribution in [0.4, 0.5) is 4.39 Å². The van der Waals surface area contributed by atoms with Gasteiger partial charge in [-0.25, -0.2) is 4.39 Å². The summed E-state index contributed by atoms with van der Waals surface area (Å²) in [5, 5.41) is 14.0. The number of aliphatic hydroxyl groups excluding tert-OH is 1. The van der Waals surface area contributed by atoms with E-state index in [2.05, 4.69) is 5.32 Å². The van der Waals surface area contributed by atoms with Crippen LogP contribution < -0.4 is 5.32 Å². The lowest BCUT2D eigenvalue weighted by Gasteiger charge is -2.57. The predicted octanol–water partition coefficient (Wildman–Crippen LogP) is 3.42. The zero-order chi connectivity index (χ0) is 14.4. The second-order valence-electron chi connectivity index (χ2n) is 7.65. The minimum atomic E-state index is -0.617. The number of aliphatic hydroxyl groups is 1. The maximum Gasteiger partial charge on any atom is 0.123 e. The Labute approximate surface area is 125 Å². The summed E-state index contributed by atoms with van der Waals surface area (Å²) >= 11 is 0. The molecule has 0 heterocycles. The number of nitrogens with one attached hydrogen (secondary N) is 1. The van der Waals surface area contributed by atoms with E-state index >= 15 is 0 Å². The summed E-state index contributed by atoms with van der Waals surface area (Å²) in [5.41, 5.74) is 0.926. The van der Waals surface area contributed by atoms with Gasteiger partial charge in [0.25, 0.3) is 0 Å².